The zero-order chi connectivity index (χ0) is 26.3. The van der Waals surface area contributed by atoms with Crippen molar-refractivity contribution in [3.05, 3.63) is 77.9 Å². The monoisotopic (exact) mass is 499 g/mol. The van der Waals surface area contributed by atoms with Crippen molar-refractivity contribution in [2.75, 3.05) is 11.5 Å². The number of nitrogens with one attached hydrogen (secondary N) is 1. The molecule has 0 radical (unpaired) electrons. The van der Waals surface area contributed by atoms with Crippen LogP contribution in [-0.4, -0.2) is 46.9 Å². The smallest absolute Gasteiger partial charge is 0.354 e. The topological polar surface area (TPSA) is 96.0 Å². The normalized spacial score (nSPS) is 19.6. The number of hydrogen-bond donors (Lipinski definition) is 1. The van der Waals surface area contributed by atoms with Crippen molar-refractivity contribution in [1.82, 2.24) is 10.2 Å². The zero-order valence-corrected chi connectivity index (χ0v) is 21.1. The number of rotatable bonds is 6. The Balaban J connectivity index is 1.37. The van der Waals surface area contributed by atoms with Crippen molar-refractivity contribution < 1.29 is 23.9 Å². The first-order valence-corrected chi connectivity index (χ1v) is 12.5. The molecule has 37 heavy (non-hydrogen) atoms. The predicted octanol–water partition coefficient (Wildman–Crippen LogP) is 3.95. The summed E-state index contributed by atoms with van der Waals surface area (Å²) >= 11 is 0. The Morgan fingerprint density at radius 1 is 0.973 bits per heavy atom. The van der Waals surface area contributed by atoms with Crippen molar-refractivity contribution in [2.24, 2.45) is 0 Å². The van der Waals surface area contributed by atoms with Crippen LogP contribution in [0.4, 0.5) is 5.69 Å². The fourth-order valence-corrected chi connectivity index (χ4v) is 5.61. The second-order valence-corrected chi connectivity index (χ2v) is 9.77. The summed E-state index contributed by atoms with van der Waals surface area (Å²) in [5, 5.41) is 4.99. The molecular formula is C29H29N3O5. The number of amides is 3. The van der Waals surface area contributed by atoms with E-state index in [0.717, 1.165) is 16.3 Å². The van der Waals surface area contributed by atoms with Crippen molar-refractivity contribution in [1.29, 1.82) is 0 Å². The van der Waals surface area contributed by atoms with E-state index in [-0.39, 0.29) is 36.7 Å². The van der Waals surface area contributed by atoms with Gasteiger partial charge in [0.2, 0.25) is 11.6 Å². The van der Waals surface area contributed by atoms with E-state index in [2.05, 4.69) is 5.32 Å². The number of ether oxygens (including phenoxy) is 1. The second-order valence-electron chi connectivity index (χ2n) is 9.77. The van der Waals surface area contributed by atoms with Gasteiger partial charge < -0.3 is 15.0 Å². The van der Waals surface area contributed by atoms with Gasteiger partial charge in [0.05, 0.1) is 17.3 Å². The van der Waals surface area contributed by atoms with Crippen LogP contribution in [0, 0.1) is 0 Å². The number of carbonyl (C=O) groups excluding carboxylic acids is 4. The van der Waals surface area contributed by atoms with Gasteiger partial charge in [-0.15, -0.1) is 0 Å². The Hall–Kier alpha value is -4.20. The maximum absolute atomic E-state index is 13.7. The van der Waals surface area contributed by atoms with Crippen LogP contribution in [0.15, 0.2) is 66.7 Å². The van der Waals surface area contributed by atoms with E-state index in [4.69, 9.17) is 4.74 Å². The average Bonchev–Trinajstić information content (AvgIpc) is 3.24. The first kappa shape index (κ1) is 24.5. The molecule has 3 aromatic carbocycles. The minimum atomic E-state index is -1.63. The van der Waals surface area contributed by atoms with Crippen LogP contribution in [-0.2, 0) is 19.1 Å². The van der Waals surface area contributed by atoms with Gasteiger partial charge in [0.1, 0.15) is 0 Å². The summed E-state index contributed by atoms with van der Waals surface area (Å²) in [6.45, 7) is 4.93. The number of anilines is 1. The van der Waals surface area contributed by atoms with Crippen LogP contribution in [0.2, 0.25) is 0 Å². The molecule has 3 amide bonds. The number of nitrogens with zero attached hydrogens (tertiary/aromatic N) is 2. The molecule has 1 saturated heterocycles. The summed E-state index contributed by atoms with van der Waals surface area (Å²) in [7, 11) is 0. The number of benzene rings is 3. The minimum absolute atomic E-state index is 0.0875. The SMILES string of the molecule is CC(C)N1C(=O)c2ccccc2N2C(=O)CC[C@@]21C(=O)OCC(=O)N[C@H](C)c1cccc2ccccc12. The van der Waals surface area contributed by atoms with Gasteiger partial charge in [-0.05, 0) is 49.2 Å². The first-order valence-electron chi connectivity index (χ1n) is 12.5. The third-order valence-corrected chi connectivity index (χ3v) is 7.14. The molecule has 3 aromatic rings. The Morgan fingerprint density at radius 3 is 2.46 bits per heavy atom. The lowest BCUT2D eigenvalue weighted by Crippen LogP contribution is -2.70. The minimum Gasteiger partial charge on any atom is -0.452 e. The van der Waals surface area contributed by atoms with Gasteiger partial charge >= 0.3 is 5.97 Å². The van der Waals surface area contributed by atoms with Crippen LogP contribution < -0.4 is 10.2 Å². The summed E-state index contributed by atoms with van der Waals surface area (Å²) in [5.41, 5.74) is 0.0666. The zero-order valence-electron chi connectivity index (χ0n) is 21.1. The van der Waals surface area contributed by atoms with Gasteiger partial charge in [0, 0.05) is 18.9 Å². The van der Waals surface area contributed by atoms with Gasteiger partial charge in [0.15, 0.2) is 6.61 Å². The molecule has 2 heterocycles. The van der Waals surface area contributed by atoms with Gasteiger partial charge in [-0.3, -0.25) is 19.3 Å². The number of para-hydroxylation sites is 1. The molecular weight excluding hydrogens is 470 g/mol. The highest BCUT2D eigenvalue weighted by molar-refractivity contribution is 6.15. The average molecular weight is 500 g/mol. The molecule has 2 atom stereocenters. The molecule has 8 heteroatoms. The Bertz CT molecular complexity index is 1410. The number of hydrogen-bond acceptors (Lipinski definition) is 5. The molecule has 0 bridgehead atoms. The highest BCUT2D eigenvalue weighted by Gasteiger charge is 2.62. The van der Waals surface area contributed by atoms with Crippen LogP contribution in [0.1, 0.15) is 55.6 Å². The van der Waals surface area contributed by atoms with Crippen LogP contribution in [0.3, 0.4) is 0 Å². The number of fused-ring (bicyclic) bond motifs is 4. The third kappa shape index (κ3) is 3.93. The summed E-state index contributed by atoms with van der Waals surface area (Å²) in [5.74, 6) is -1.87. The molecule has 0 aromatic heterocycles. The molecule has 5 rings (SSSR count). The first-order chi connectivity index (χ1) is 17.8. The van der Waals surface area contributed by atoms with Crippen molar-refractivity contribution >= 4 is 40.2 Å². The third-order valence-electron chi connectivity index (χ3n) is 7.14. The maximum Gasteiger partial charge on any atom is 0.354 e. The highest BCUT2D eigenvalue weighted by Crippen LogP contribution is 2.46. The predicted molar refractivity (Wildman–Crippen MR) is 139 cm³/mol. The second kappa shape index (κ2) is 9.35. The van der Waals surface area contributed by atoms with E-state index in [1.165, 1.54) is 9.80 Å². The lowest BCUT2D eigenvalue weighted by molar-refractivity contribution is -0.161. The quantitative estimate of drug-likeness (QED) is 0.518. The molecule has 0 aliphatic carbocycles. The van der Waals surface area contributed by atoms with Gasteiger partial charge in [-0.1, -0.05) is 54.6 Å². The molecule has 8 nitrogen and oxygen atoms in total. The molecule has 0 saturated carbocycles. The molecule has 2 aliphatic rings. The summed E-state index contributed by atoms with van der Waals surface area (Å²) < 4.78 is 5.53. The van der Waals surface area contributed by atoms with E-state index in [9.17, 15) is 19.2 Å². The Labute approximate surface area is 215 Å². The van der Waals surface area contributed by atoms with Gasteiger partial charge in [-0.2, -0.15) is 0 Å². The standard InChI is InChI=1S/C29H29N3O5/c1-18(2)31-27(35)23-12-6-7-14-24(23)32-26(34)15-16-29(31,32)28(36)37-17-25(33)30-19(3)21-13-8-10-20-9-4-5-11-22(20)21/h4-14,18-19H,15-17H2,1-3H3,(H,30,33)/t19-,29+/m1/s1. The highest BCUT2D eigenvalue weighted by atomic mass is 16.5. The van der Waals surface area contributed by atoms with Crippen LogP contribution in [0.25, 0.3) is 10.8 Å². The van der Waals surface area contributed by atoms with Gasteiger partial charge in [0.25, 0.3) is 11.8 Å². The molecule has 1 N–H and O–H groups in total. The van der Waals surface area contributed by atoms with Crippen LogP contribution >= 0.6 is 0 Å². The molecule has 0 spiro atoms. The number of carbonyl (C=O) groups is 4. The lowest BCUT2D eigenvalue weighted by Gasteiger charge is -2.50. The van der Waals surface area contributed by atoms with Crippen LogP contribution in [0.5, 0.6) is 0 Å². The lowest BCUT2D eigenvalue weighted by atomic mass is 9.95. The van der Waals surface area contributed by atoms with E-state index >= 15 is 0 Å². The number of esters is 1. The summed E-state index contributed by atoms with van der Waals surface area (Å²) in [6, 6.07) is 19.8. The molecule has 1 fully saturated rings. The van der Waals surface area contributed by atoms with Crippen molar-refractivity contribution in [2.45, 2.75) is 51.4 Å². The van der Waals surface area contributed by atoms with Crippen molar-refractivity contribution in [3.63, 3.8) is 0 Å². The molecule has 2 aliphatic heterocycles. The molecule has 190 valence electrons. The van der Waals surface area contributed by atoms with Gasteiger partial charge in [-0.25, -0.2) is 4.79 Å². The van der Waals surface area contributed by atoms with E-state index in [1.54, 1.807) is 38.1 Å². The van der Waals surface area contributed by atoms with E-state index < -0.39 is 24.1 Å². The Kier molecular flexibility index (Phi) is 6.19. The molecule has 0 unspecified atom stereocenters. The Morgan fingerprint density at radius 2 is 1.68 bits per heavy atom. The van der Waals surface area contributed by atoms with Crippen molar-refractivity contribution in [3.8, 4) is 0 Å². The van der Waals surface area contributed by atoms with E-state index in [1.807, 2.05) is 49.4 Å². The fourth-order valence-electron chi connectivity index (χ4n) is 5.61. The summed E-state index contributed by atoms with van der Waals surface area (Å²) in [4.78, 5) is 55.8. The fraction of sp³-hybridized carbons (Fsp3) is 0.310. The van der Waals surface area contributed by atoms with E-state index in [0.29, 0.717) is 11.3 Å². The summed E-state index contributed by atoms with van der Waals surface area (Å²) in [6.07, 6.45) is 0.182. The largest absolute Gasteiger partial charge is 0.452 e. The maximum atomic E-state index is 13.7.